The molecule has 2 unspecified atom stereocenters. The Labute approximate surface area is 162 Å². The van der Waals surface area contributed by atoms with Crippen molar-refractivity contribution in [2.45, 2.75) is 38.7 Å². The lowest BCUT2D eigenvalue weighted by Crippen LogP contribution is -2.32. The van der Waals surface area contributed by atoms with Gasteiger partial charge >= 0.3 is 6.09 Å². The lowest BCUT2D eigenvalue weighted by molar-refractivity contribution is 0.193. The monoisotopic (exact) mass is 381 g/mol. The number of carbonyl (C=O) groups is 1. The summed E-state index contributed by atoms with van der Waals surface area (Å²) in [6.07, 6.45) is 3.36. The van der Waals surface area contributed by atoms with E-state index in [1.54, 1.807) is 7.11 Å². The molecule has 0 bridgehead atoms. The molecule has 2 atom stereocenters. The standard InChI is InChI=1S/C8H16N2O2.C8H10O.C4H9NO/c11-8(12)10-5-3-7-2-1-4-9-6-7;1-7-3-5-8(9-2)6-4-7;6-4-1-2-5-3-4/h7,9-10H,1-6H2,(H,11,12);3-6H,1-2H3;4-6H,1-3H2. The Hall–Kier alpha value is -1.83. The average Bonchev–Trinajstić information content (AvgIpc) is 3.15. The molecular weight excluding hydrogens is 346 g/mol. The number of hydrogen-bond donors (Lipinski definition) is 5. The molecular formula is C20H35N3O4. The number of methoxy groups -OCH3 is 1. The van der Waals surface area contributed by atoms with E-state index in [4.69, 9.17) is 14.9 Å². The number of β-amino-alcohol motifs (C(OH)–C–C–N with tert-alkyl or cyclic N) is 1. The molecule has 1 amide bonds. The van der Waals surface area contributed by atoms with Gasteiger partial charge in [-0.05, 0) is 70.3 Å². The van der Waals surface area contributed by atoms with Gasteiger partial charge in [0.05, 0.1) is 13.2 Å². The molecule has 2 aliphatic rings. The Bertz CT molecular complexity index is 498. The van der Waals surface area contributed by atoms with Gasteiger partial charge in [0, 0.05) is 13.1 Å². The quantitative estimate of drug-likeness (QED) is 0.547. The van der Waals surface area contributed by atoms with Gasteiger partial charge in [0.1, 0.15) is 5.75 Å². The fraction of sp³-hybridized carbons (Fsp3) is 0.650. The summed E-state index contributed by atoms with van der Waals surface area (Å²) in [4.78, 5) is 10.1. The lowest BCUT2D eigenvalue weighted by Gasteiger charge is -2.22. The second kappa shape index (κ2) is 14.3. The number of piperidine rings is 1. The van der Waals surface area contributed by atoms with Crippen molar-refractivity contribution >= 4 is 6.09 Å². The van der Waals surface area contributed by atoms with Gasteiger partial charge in [0.25, 0.3) is 0 Å². The average molecular weight is 382 g/mol. The molecule has 2 saturated heterocycles. The van der Waals surface area contributed by atoms with Crippen LogP contribution in [0.15, 0.2) is 24.3 Å². The third-order valence-electron chi connectivity index (χ3n) is 4.52. The molecule has 2 heterocycles. The van der Waals surface area contributed by atoms with E-state index in [0.717, 1.165) is 44.8 Å². The first-order valence-electron chi connectivity index (χ1n) is 9.68. The number of aliphatic hydroxyl groups is 1. The lowest BCUT2D eigenvalue weighted by atomic mass is 9.96. The molecule has 0 aliphatic carbocycles. The summed E-state index contributed by atoms with van der Waals surface area (Å²) in [6.45, 7) is 6.58. The van der Waals surface area contributed by atoms with Crippen molar-refractivity contribution in [3.05, 3.63) is 29.8 Å². The summed E-state index contributed by atoms with van der Waals surface area (Å²) in [5, 5.41) is 25.7. The Morgan fingerprint density at radius 1 is 1.19 bits per heavy atom. The van der Waals surface area contributed by atoms with Crippen molar-refractivity contribution in [2.75, 3.05) is 39.8 Å². The van der Waals surface area contributed by atoms with Crippen molar-refractivity contribution in [1.82, 2.24) is 16.0 Å². The fourth-order valence-electron chi connectivity index (χ4n) is 2.87. The summed E-state index contributed by atoms with van der Waals surface area (Å²) in [5.41, 5.74) is 1.26. The largest absolute Gasteiger partial charge is 0.497 e. The van der Waals surface area contributed by atoms with Gasteiger partial charge < -0.3 is 30.9 Å². The zero-order valence-corrected chi connectivity index (χ0v) is 16.5. The van der Waals surface area contributed by atoms with Crippen LogP contribution in [0.25, 0.3) is 0 Å². The number of nitrogens with one attached hydrogen (secondary N) is 3. The highest BCUT2D eigenvalue weighted by atomic mass is 16.5. The molecule has 0 saturated carbocycles. The molecule has 2 fully saturated rings. The molecule has 27 heavy (non-hydrogen) atoms. The summed E-state index contributed by atoms with van der Waals surface area (Å²) < 4.78 is 4.97. The minimum atomic E-state index is -0.918. The molecule has 2 aliphatic heterocycles. The first kappa shape index (κ1) is 23.2. The van der Waals surface area contributed by atoms with Gasteiger partial charge in [0.2, 0.25) is 0 Å². The van der Waals surface area contributed by atoms with Crippen molar-refractivity contribution in [2.24, 2.45) is 5.92 Å². The van der Waals surface area contributed by atoms with Crippen LogP contribution in [0.5, 0.6) is 5.75 Å². The summed E-state index contributed by atoms with van der Waals surface area (Å²) in [7, 11) is 1.67. The molecule has 0 spiro atoms. The molecule has 0 radical (unpaired) electrons. The van der Waals surface area contributed by atoms with E-state index in [9.17, 15) is 4.79 Å². The van der Waals surface area contributed by atoms with Gasteiger partial charge in [-0.25, -0.2) is 4.79 Å². The number of ether oxygens (including phenoxy) is 1. The molecule has 7 heteroatoms. The number of hydrogen-bond acceptors (Lipinski definition) is 5. The second-order valence-electron chi connectivity index (χ2n) is 6.90. The van der Waals surface area contributed by atoms with Gasteiger partial charge in [-0.2, -0.15) is 0 Å². The van der Waals surface area contributed by atoms with Crippen molar-refractivity contribution in [3.8, 4) is 5.75 Å². The highest BCUT2D eigenvalue weighted by Gasteiger charge is 2.12. The number of carboxylic acid groups (broad SMARTS) is 1. The van der Waals surface area contributed by atoms with Crippen LogP contribution in [0, 0.1) is 12.8 Å². The minimum Gasteiger partial charge on any atom is -0.497 e. The van der Waals surface area contributed by atoms with E-state index in [1.807, 2.05) is 24.3 Å². The van der Waals surface area contributed by atoms with E-state index in [2.05, 4.69) is 22.9 Å². The van der Waals surface area contributed by atoms with Crippen LogP contribution in [-0.4, -0.2) is 62.2 Å². The van der Waals surface area contributed by atoms with Crippen molar-refractivity contribution in [1.29, 1.82) is 0 Å². The summed E-state index contributed by atoms with van der Waals surface area (Å²) >= 11 is 0. The van der Waals surface area contributed by atoms with Gasteiger partial charge in [-0.3, -0.25) is 0 Å². The van der Waals surface area contributed by atoms with Crippen molar-refractivity contribution < 1.29 is 19.7 Å². The molecule has 154 valence electrons. The zero-order valence-electron chi connectivity index (χ0n) is 16.5. The molecule has 1 aromatic rings. The van der Waals surface area contributed by atoms with Crippen molar-refractivity contribution in [3.63, 3.8) is 0 Å². The first-order valence-corrected chi connectivity index (χ1v) is 9.68. The Kier molecular flexibility index (Phi) is 12.3. The number of amides is 1. The number of rotatable bonds is 4. The number of benzene rings is 1. The van der Waals surface area contributed by atoms with Crippen LogP contribution in [0.1, 0.15) is 31.2 Å². The molecule has 3 rings (SSSR count). The zero-order chi connectivity index (χ0) is 19.9. The molecule has 5 N–H and O–H groups in total. The Morgan fingerprint density at radius 3 is 2.33 bits per heavy atom. The number of aliphatic hydroxyl groups excluding tert-OH is 1. The molecule has 0 aromatic heterocycles. The predicted octanol–water partition coefficient (Wildman–Crippen LogP) is 1.99. The highest BCUT2D eigenvalue weighted by molar-refractivity contribution is 5.64. The topological polar surface area (TPSA) is 103 Å². The molecule has 7 nitrogen and oxygen atoms in total. The Balaban J connectivity index is 0.000000214. The highest BCUT2D eigenvalue weighted by Crippen LogP contribution is 2.12. The van der Waals surface area contributed by atoms with Crippen LogP contribution in [-0.2, 0) is 0 Å². The van der Waals surface area contributed by atoms with E-state index in [0.29, 0.717) is 12.5 Å². The van der Waals surface area contributed by atoms with Gasteiger partial charge in [-0.15, -0.1) is 0 Å². The van der Waals surface area contributed by atoms with Crippen LogP contribution in [0.3, 0.4) is 0 Å². The van der Waals surface area contributed by atoms with E-state index in [1.165, 1.54) is 18.4 Å². The molecule has 1 aromatic carbocycles. The maximum absolute atomic E-state index is 10.1. The summed E-state index contributed by atoms with van der Waals surface area (Å²) in [6, 6.07) is 7.96. The van der Waals surface area contributed by atoms with E-state index in [-0.39, 0.29) is 6.10 Å². The van der Waals surface area contributed by atoms with Crippen LogP contribution in [0.2, 0.25) is 0 Å². The normalized spacial score (nSPS) is 21.1. The van der Waals surface area contributed by atoms with Crippen LogP contribution in [0.4, 0.5) is 4.79 Å². The maximum atomic E-state index is 10.1. The van der Waals surface area contributed by atoms with Gasteiger partial charge in [-0.1, -0.05) is 17.7 Å². The van der Waals surface area contributed by atoms with E-state index < -0.39 is 6.09 Å². The third kappa shape index (κ3) is 12.2. The smallest absolute Gasteiger partial charge is 0.404 e. The summed E-state index contributed by atoms with van der Waals surface area (Å²) in [5.74, 6) is 1.58. The number of aryl methyl sites for hydroxylation is 1. The first-order chi connectivity index (χ1) is 13.0. The van der Waals surface area contributed by atoms with E-state index >= 15 is 0 Å². The third-order valence-corrected chi connectivity index (χ3v) is 4.52. The van der Waals surface area contributed by atoms with Crippen LogP contribution < -0.4 is 20.7 Å². The maximum Gasteiger partial charge on any atom is 0.404 e. The SMILES string of the molecule is COc1ccc(C)cc1.O=C(O)NCCC1CCCNC1.OC1CCNC1. The fourth-order valence-corrected chi connectivity index (χ4v) is 2.87. The minimum absolute atomic E-state index is 0.0648. The predicted molar refractivity (Wildman–Crippen MR) is 107 cm³/mol. The van der Waals surface area contributed by atoms with Crippen LogP contribution >= 0.6 is 0 Å². The Morgan fingerprint density at radius 2 is 1.89 bits per heavy atom. The second-order valence-corrected chi connectivity index (χ2v) is 6.90. The van der Waals surface area contributed by atoms with Gasteiger partial charge in [0.15, 0.2) is 0 Å².